The third-order valence-corrected chi connectivity index (χ3v) is 2.27. The number of nitrogens with two attached hydrogens (primary N) is 1. The molecule has 0 radical (unpaired) electrons. The van der Waals surface area contributed by atoms with E-state index < -0.39 is 0 Å². The molecule has 2 aromatic heterocycles. The van der Waals surface area contributed by atoms with Gasteiger partial charge in [-0.25, -0.2) is 4.98 Å². The number of aromatic nitrogens is 2. The number of nitrogens with zero attached hydrogens (tertiary/aromatic N) is 3. The molecule has 0 aromatic carbocycles. The Labute approximate surface area is 94.8 Å². The Bertz CT molecular complexity index is 456. The van der Waals surface area contributed by atoms with Gasteiger partial charge in [0.2, 0.25) is 0 Å². The molecule has 0 saturated carbocycles. The Morgan fingerprint density at radius 2 is 2.06 bits per heavy atom. The lowest BCUT2D eigenvalue weighted by Gasteiger charge is -2.17. The average Bonchev–Trinajstić information content (AvgIpc) is 2.30. The second-order valence-electron chi connectivity index (χ2n) is 3.60. The van der Waals surface area contributed by atoms with E-state index in [0.717, 1.165) is 18.1 Å². The Hall–Kier alpha value is -2.10. The van der Waals surface area contributed by atoms with Crippen LogP contribution in [0.2, 0.25) is 0 Å². The molecule has 0 unspecified atom stereocenters. The summed E-state index contributed by atoms with van der Waals surface area (Å²) in [5.74, 6) is 1.39. The van der Waals surface area contributed by atoms with Crippen molar-refractivity contribution in [3.63, 3.8) is 0 Å². The average molecular weight is 214 g/mol. The minimum Gasteiger partial charge on any atom is -0.384 e. The molecular weight excluding hydrogens is 200 g/mol. The molecule has 0 spiro atoms. The van der Waals surface area contributed by atoms with E-state index in [-0.39, 0.29) is 0 Å². The van der Waals surface area contributed by atoms with Gasteiger partial charge in [0.05, 0.1) is 12.2 Å². The first-order valence-electron chi connectivity index (χ1n) is 5.09. The molecule has 0 amide bonds. The first kappa shape index (κ1) is 10.4. The lowest BCUT2D eigenvalue weighted by molar-refractivity contribution is 0.867. The summed E-state index contributed by atoms with van der Waals surface area (Å²) in [5.41, 5.74) is 6.64. The number of hydrogen-bond acceptors (Lipinski definition) is 4. The Balaban J connectivity index is 2.12. The fraction of sp³-hybridized carbons (Fsp3) is 0.167. The summed E-state index contributed by atoms with van der Waals surface area (Å²) < 4.78 is 0. The maximum absolute atomic E-state index is 5.64. The minimum absolute atomic E-state index is 0.533. The van der Waals surface area contributed by atoms with Gasteiger partial charge in [-0.15, -0.1) is 0 Å². The summed E-state index contributed by atoms with van der Waals surface area (Å²) >= 11 is 0. The van der Waals surface area contributed by atoms with Crippen molar-refractivity contribution in [1.82, 2.24) is 9.97 Å². The monoisotopic (exact) mass is 214 g/mol. The lowest BCUT2D eigenvalue weighted by atomic mass is 10.3. The van der Waals surface area contributed by atoms with Gasteiger partial charge in [0, 0.05) is 13.2 Å². The highest BCUT2D eigenvalue weighted by molar-refractivity contribution is 5.44. The first-order valence-corrected chi connectivity index (χ1v) is 5.09. The lowest BCUT2D eigenvalue weighted by Crippen LogP contribution is -2.18. The molecule has 4 heteroatoms. The molecule has 16 heavy (non-hydrogen) atoms. The van der Waals surface area contributed by atoms with Gasteiger partial charge in [-0.2, -0.15) is 0 Å². The highest BCUT2D eigenvalue weighted by atomic mass is 15.2. The van der Waals surface area contributed by atoms with Crippen LogP contribution in [0.4, 0.5) is 11.6 Å². The third kappa shape index (κ3) is 2.48. The summed E-state index contributed by atoms with van der Waals surface area (Å²) in [6, 6.07) is 11.5. The maximum Gasteiger partial charge on any atom is 0.131 e. The van der Waals surface area contributed by atoms with Crippen molar-refractivity contribution >= 4 is 11.6 Å². The van der Waals surface area contributed by atoms with Gasteiger partial charge in [-0.05, 0) is 24.3 Å². The molecule has 2 aromatic rings. The molecular formula is C12H14N4. The molecule has 82 valence electrons. The molecule has 0 bridgehead atoms. The molecule has 0 aliphatic rings. The van der Waals surface area contributed by atoms with Gasteiger partial charge in [0.1, 0.15) is 11.6 Å². The molecule has 0 atom stereocenters. The number of anilines is 2. The van der Waals surface area contributed by atoms with Crippen molar-refractivity contribution in [2.75, 3.05) is 17.7 Å². The van der Waals surface area contributed by atoms with Crippen LogP contribution in [0, 0.1) is 0 Å². The van der Waals surface area contributed by atoms with Crippen molar-refractivity contribution in [2.24, 2.45) is 0 Å². The predicted octanol–water partition coefficient (Wildman–Crippen LogP) is 1.70. The Morgan fingerprint density at radius 3 is 2.75 bits per heavy atom. The molecule has 2 N–H and O–H groups in total. The van der Waals surface area contributed by atoms with E-state index in [1.165, 1.54) is 0 Å². The second-order valence-corrected chi connectivity index (χ2v) is 3.60. The number of pyridine rings is 2. The van der Waals surface area contributed by atoms with Crippen LogP contribution in [0.5, 0.6) is 0 Å². The van der Waals surface area contributed by atoms with Crippen LogP contribution in [0.15, 0.2) is 42.6 Å². The quantitative estimate of drug-likeness (QED) is 0.844. The zero-order valence-electron chi connectivity index (χ0n) is 9.17. The molecule has 0 fully saturated rings. The predicted molar refractivity (Wildman–Crippen MR) is 65.0 cm³/mol. The Morgan fingerprint density at radius 1 is 1.19 bits per heavy atom. The molecule has 0 aliphatic carbocycles. The number of rotatable bonds is 3. The van der Waals surface area contributed by atoms with E-state index in [0.29, 0.717) is 5.82 Å². The van der Waals surface area contributed by atoms with Gasteiger partial charge < -0.3 is 10.6 Å². The van der Waals surface area contributed by atoms with E-state index in [4.69, 9.17) is 5.73 Å². The van der Waals surface area contributed by atoms with Gasteiger partial charge in [0.15, 0.2) is 0 Å². The van der Waals surface area contributed by atoms with Crippen molar-refractivity contribution in [2.45, 2.75) is 6.54 Å². The van der Waals surface area contributed by atoms with Gasteiger partial charge in [-0.1, -0.05) is 12.1 Å². The van der Waals surface area contributed by atoms with Crippen LogP contribution in [0.3, 0.4) is 0 Å². The molecule has 0 aliphatic heterocycles. The highest BCUT2D eigenvalue weighted by Crippen LogP contribution is 2.12. The first-order chi connectivity index (χ1) is 7.75. The zero-order chi connectivity index (χ0) is 11.4. The summed E-state index contributed by atoms with van der Waals surface area (Å²) in [5, 5.41) is 0. The minimum atomic E-state index is 0.533. The molecule has 2 heterocycles. The smallest absolute Gasteiger partial charge is 0.131 e. The van der Waals surface area contributed by atoms with Crippen LogP contribution in [-0.2, 0) is 6.54 Å². The largest absolute Gasteiger partial charge is 0.384 e. The van der Waals surface area contributed by atoms with Gasteiger partial charge >= 0.3 is 0 Å². The van der Waals surface area contributed by atoms with Gasteiger partial charge in [-0.3, -0.25) is 4.98 Å². The number of nitrogen functional groups attached to an aromatic ring is 1. The number of hydrogen-bond donors (Lipinski definition) is 1. The van der Waals surface area contributed by atoms with Gasteiger partial charge in [0.25, 0.3) is 0 Å². The van der Waals surface area contributed by atoms with E-state index in [1.54, 1.807) is 12.3 Å². The maximum atomic E-state index is 5.64. The molecule has 0 saturated heterocycles. The van der Waals surface area contributed by atoms with Crippen LogP contribution in [0.25, 0.3) is 0 Å². The molecule has 4 nitrogen and oxygen atoms in total. The van der Waals surface area contributed by atoms with Crippen molar-refractivity contribution in [1.29, 1.82) is 0 Å². The third-order valence-electron chi connectivity index (χ3n) is 2.27. The zero-order valence-corrected chi connectivity index (χ0v) is 9.17. The normalized spacial score (nSPS) is 10.1. The standard InChI is InChI=1S/C12H14N4/c1-16(9-10-5-2-3-8-14-10)12-7-4-6-11(13)15-12/h2-8H,9H2,1H3,(H2,13,15). The van der Waals surface area contributed by atoms with E-state index in [1.807, 2.05) is 42.3 Å². The van der Waals surface area contributed by atoms with Crippen LogP contribution >= 0.6 is 0 Å². The van der Waals surface area contributed by atoms with Crippen LogP contribution in [-0.4, -0.2) is 17.0 Å². The summed E-state index contributed by atoms with van der Waals surface area (Å²) in [6.45, 7) is 0.720. The summed E-state index contributed by atoms with van der Waals surface area (Å²) in [7, 11) is 1.97. The van der Waals surface area contributed by atoms with E-state index in [2.05, 4.69) is 9.97 Å². The fourth-order valence-electron chi connectivity index (χ4n) is 1.47. The van der Waals surface area contributed by atoms with Crippen molar-refractivity contribution in [3.05, 3.63) is 48.3 Å². The SMILES string of the molecule is CN(Cc1ccccn1)c1cccc(N)n1. The molecule has 2 rings (SSSR count). The van der Waals surface area contributed by atoms with Crippen molar-refractivity contribution < 1.29 is 0 Å². The Kier molecular flexibility index (Phi) is 3.00. The van der Waals surface area contributed by atoms with Crippen molar-refractivity contribution in [3.8, 4) is 0 Å². The summed E-state index contributed by atoms with van der Waals surface area (Å²) in [6.07, 6.45) is 1.79. The second kappa shape index (κ2) is 4.61. The van der Waals surface area contributed by atoms with Crippen LogP contribution in [0.1, 0.15) is 5.69 Å². The highest BCUT2D eigenvalue weighted by Gasteiger charge is 2.03. The summed E-state index contributed by atoms with van der Waals surface area (Å²) in [4.78, 5) is 10.5. The van der Waals surface area contributed by atoms with E-state index >= 15 is 0 Å². The topological polar surface area (TPSA) is 55.0 Å². The van der Waals surface area contributed by atoms with E-state index in [9.17, 15) is 0 Å². The van der Waals surface area contributed by atoms with Crippen LogP contribution < -0.4 is 10.6 Å². The fourth-order valence-corrected chi connectivity index (χ4v) is 1.47.